The lowest BCUT2D eigenvalue weighted by Crippen LogP contribution is -2.49. The number of nitrogens with zero attached hydrogens (tertiary/aromatic N) is 3. The number of aromatic nitrogens is 3. The minimum absolute atomic E-state index is 0.315. The average Bonchev–Trinajstić information content (AvgIpc) is 2.87. The van der Waals surface area contributed by atoms with Gasteiger partial charge < -0.3 is 9.30 Å². The molecule has 1 aromatic heterocycles. The Bertz CT molecular complexity index is 492. The summed E-state index contributed by atoms with van der Waals surface area (Å²) in [6.07, 6.45) is 8.43. The molecule has 1 heterocycles. The van der Waals surface area contributed by atoms with Crippen LogP contribution in [0.15, 0.2) is 0 Å². The molecule has 0 atom stereocenters. The maximum atomic E-state index is 5.30. The van der Waals surface area contributed by atoms with Gasteiger partial charge in [-0.15, -0.1) is 10.2 Å². The monoisotopic (exact) mass is 353 g/mol. The summed E-state index contributed by atoms with van der Waals surface area (Å²) in [5.74, 6) is 5.13. The fourth-order valence-electron chi connectivity index (χ4n) is 5.63. The zero-order valence-electron chi connectivity index (χ0n) is 12.7. The Morgan fingerprint density at radius 3 is 2.29 bits per heavy atom. The standard InChI is InChI=1S/C16H24BrN3O/c1-21-3-2-20-14(10-17)18-19-15(20)16-7-11-4-12(8-16)6-13(5-11)9-16/h11-13H,2-10H2,1H3. The Hall–Kier alpha value is -0.420. The van der Waals surface area contributed by atoms with Crippen LogP contribution in [-0.4, -0.2) is 28.5 Å². The van der Waals surface area contributed by atoms with Gasteiger partial charge in [0.25, 0.3) is 0 Å². The van der Waals surface area contributed by atoms with E-state index < -0.39 is 0 Å². The van der Waals surface area contributed by atoms with Crippen LogP contribution in [0.3, 0.4) is 0 Å². The van der Waals surface area contributed by atoms with Crippen LogP contribution in [0.25, 0.3) is 0 Å². The first-order chi connectivity index (χ1) is 10.2. The summed E-state index contributed by atoms with van der Waals surface area (Å²) in [4.78, 5) is 0. The summed E-state index contributed by atoms with van der Waals surface area (Å²) in [5, 5.41) is 9.89. The van der Waals surface area contributed by atoms with Crippen molar-refractivity contribution in [2.45, 2.75) is 55.8 Å². The number of ether oxygens (including phenoxy) is 1. The van der Waals surface area contributed by atoms with Gasteiger partial charge in [-0.2, -0.15) is 0 Å². The smallest absolute Gasteiger partial charge is 0.143 e. The van der Waals surface area contributed by atoms with Gasteiger partial charge in [0.2, 0.25) is 0 Å². The molecule has 0 unspecified atom stereocenters. The van der Waals surface area contributed by atoms with E-state index >= 15 is 0 Å². The molecule has 4 aliphatic rings. The lowest BCUT2D eigenvalue weighted by molar-refractivity contribution is -0.0116. The van der Waals surface area contributed by atoms with Crippen molar-refractivity contribution in [3.63, 3.8) is 0 Å². The Balaban J connectivity index is 1.71. The molecule has 0 spiro atoms. The van der Waals surface area contributed by atoms with E-state index in [1.807, 2.05) is 0 Å². The minimum atomic E-state index is 0.315. The largest absolute Gasteiger partial charge is 0.383 e. The maximum Gasteiger partial charge on any atom is 0.143 e. The molecule has 0 N–H and O–H groups in total. The molecular weight excluding hydrogens is 330 g/mol. The van der Waals surface area contributed by atoms with Crippen LogP contribution in [0.5, 0.6) is 0 Å². The van der Waals surface area contributed by atoms with E-state index in [1.54, 1.807) is 7.11 Å². The topological polar surface area (TPSA) is 39.9 Å². The first kappa shape index (κ1) is 14.2. The second-order valence-corrected chi connectivity index (χ2v) is 7.98. The number of rotatable bonds is 5. The van der Waals surface area contributed by atoms with Gasteiger partial charge in [-0.25, -0.2) is 0 Å². The summed E-state index contributed by atoms with van der Waals surface area (Å²) in [5.41, 5.74) is 0.315. The first-order valence-corrected chi connectivity index (χ1v) is 9.33. The van der Waals surface area contributed by atoms with E-state index in [4.69, 9.17) is 4.74 Å². The van der Waals surface area contributed by atoms with Gasteiger partial charge in [-0.1, -0.05) is 15.9 Å². The number of hydrogen-bond donors (Lipinski definition) is 0. The highest BCUT2D eigenvalue weighted by atomic mass is 79.9. The summed E-state index contributed by atoms with van der Waals surface area (Å²) in [6.45, 7) is 1.61. The van der Waals surface area contributed by atoms with Gasteiger partial charge in [0.1, 0.15) is 11.6 Å². The molecule has 0 amide bonds. The summed E-state index contributed by atoms with van der Waals surface area (Å²) in [6, 6.07) is 0. The van der Waals surface area contributed by atoms with Crippen molar-refractivity contribution in [1.82, 2.24) is 14.8 Å². The third-order valence-corrected chi connectivity index (χ3v) is 6.48. The molecule has 0 aromatic carbocycles. The van der Waals surface area contributed by atoms with Crippen molar-refractivity contribution < 1.29 is 4.74 Å². The second kappa shape index (κ2) is 5.34. The molecule has 4 aliphatic carbocycles. The van der Waals surface area contributed by atoms with Crippen molar-refractivity contribution in [3.05, 3.63) is 11.6 Å². The molecular formula is C16H24BrN3O. The summed E-state index contributed by atoms with van der Waals surface area (Å²) < 4.78 is 7.64. The lowest BCUT2D eigenvalue weighted by Gasteiger charge is -2.56. The van der Waals surface area contributed by atoms with E-state index in [9.17, 15) is 0 Å². The van der Waals surface area contributed by atoms with Crippen molar-refractivity contribution >= 4 is 15.9 Å². The molecule has 21 heavy (non-hydrogen) atoms. The molecule has 0 aliphatic heterocycles. The van der Waals surface area contributed by atoms with Crippen LogP contribution in [0.4, 0.5) is 0 Å². The van der Waals surface area contributed by atoms with Gasteiger partial charge >= 0.3 is 0 Å². The molecule has 4 saturated carbocycles. The molecule has 5 rings (SSSR count). The van der Waals surface area contributed by atoms with Crippen LogP contribution < -0.4 is 0 Å². The van der Waals surface area contributed by atoms with Gasteiger partial charge in [-0.05, 0) is 56.3 Å². The molecule has 4 bridgehead atoms. The molecule has 5 heteroatoms. The second-order valence-electron chi connectivity index (χ2n) is 7.42. The number of alkyl halides is 1. The molecule has 4 nitrogen and oxygen atoms in total. The highest BCUT2D eigenvalue weighted by molar-refractivity contribution is 9.08. The highest BCUT2D eigenvalue weighted by Gasteiger charge is 2.53. The normalized spacial score (nSPS) is 37.3. The Morgan fingerprint density at radius 2 is 1.76 bits per heavy atom. The number of halogens is 1. The zero-order valence-corrected chi connectivity index (χ0v) is 14.3. The Morgan fingerprint density at radius 1 is 1.14 bits per heavy atom. The van der Waals surface area contributed by atoms with Gasteiger partial charge in [0.05, 0.1) is 11.9 Å². The van der Waals surface area contributed by atoms with E-state index in [0.717, 1.165) is 42.1 Å². The van der Waals surface area contributed by atoms with E-state index in [0.29, 0.717) is 5.41 Å². The first-order valence-electron chi connectivity index (χ1n) is 8.21. The van der Waals surface area contributed by atoms with Crippen LogP contribution in [0.2, 0.25) is 0 Å². The Kier molecular flexibility index (Phi) is 3.61. The number of hydrogen-bond acceptors (Lipinski definition) is 3. The van der Waals surface area contributed by atoms with E-state index in [2.05, 4.69) is 30.7 Å². The predicted octanol–water partition coefficient (Wildman–Crippen LogP) is 3.29. The lowest BCUT2D eigenvalue weighted by atomic mass is 9.49. The molecule has 1 aromatic rings. The summed E-state index contributed by atoms with van der Waals surface area (Å²) >= 11 is 3.56. The SMILES string of the molecule is COCCn1c(CBr)nnc1C12CC3CC(CC(C3)C1)C2. The molecule has 116 valence electrons. The van der Waals surface area contributed by atoms with Crippen LogP contribution in [-0.2, 0) is 22.0 Å². The van der Waals surface area contributed by atoms with Gasteiger partial charge in [0.15, 0.2) is 0 Å². The Labute approximate surface area is 134 Å². The maximum absolute atomic E-state index is 5.30. The zero-order chi connectivity index (χ0) is 14.4. The minimum Gasteiger partial charge on any atom is -0.383 e. The van der Waals surface area contributed by atoms with Crippen LogP contribution >= 0.6 is 15.9 Å². The fourth-order valence-corrected chi connectivity index (χ4v) is 6.04. The third kappa shape index (κ3) is 2.27. The fraction of sp³-hybridized carbons (Fsp3) is 0.875. The van der Waals surface area contributed by atoms with E-state index in [1.165, 1.54) is 44.3 Å². The molecule has 0 radical (unpaired) electrons. The molecule has 4 fully saturated rings. The third-order valence-electron chi connectivity index (χ3n) is 5.98. The van der Waals surface area contributed by atoms with Crippen LogP contribution in [0, 0.1) is 17.8 Å². The quantitative estimate of drug-likeness (QED) is 0.762. The highest BCUT2D eigenvalue weighted by Crippen LogP contribution is 2.60. The predicted molar refractivity (Wildman–Crippen MR) is 84.4 cm³/mol. The van der Waals surface area contributed by atoms with Crippen molar-refractivity contribution in [3.8, 4) is 0 Å². The van der Waals surface area contributed by atoms with Gasteiger partial charge in [0, 0.05) is 19.1 Å². The molecule has 0 saturated heterocycles. The van der Waals surface area contributed by atoms with Crippen molar-refractivity contribution in [2.24, 2.45) is 17.8 Å². The van der Waals surface area contributed by atoms with Crippen LogP contribution in [0.1, 0.15) is 50.2 Å². The average molecular weight is 354 g/mol. The van der Waals surface area contributed by atoms with Crippen molar-refractivity contribution in [2.75, 3.05) is 13.7 Å². The van der Waals surface area contributed by atoms with Gasteiger partial charge in [-0.3, -0.25) is 0 Å². The van der Waals surface area contributed by atoms with Crippen molar-refractivity contribution in [1.29, 1.82) is 0 Å². The van der Waals surface area contributed by atoms with E-state index in [-0.39, 0.29) is 0 Å². The number of methoxy groups -OCH3 is 1. The summed E-state index contributed by atoms with van der Waals surface area (Å²) in [7, 11) is 1.77.